The van der Waals surface area contributed by atoms with Gasteiger partial charge in [-0.15, -0.1) is 0 Å². The van der Waals surface area contributed by atoms with Gasteiger partial charge in [0.1, 0.15) is 0 Å². The fourth-order valence-electron chi connectivity index (χ4n) is 4.12. The fraction of sp³-hybridized carbons (Fsp3) is 0.185. The highest BCUT2D eigenvalue weighted by Gasteiger charge is 2.22. The molecule has 0 aliphatic rings. The molecule has 3 aromatic carbocycles. The van der Waals surface area contributed by atoms with E-state index in [9.17, 15) is 9.59 Å². The van der Waals surface area contributed by atoms with E-state index < -0.39 is 11.8 Å². The third kappa shape index (κ3) is 4.02. The second kappa shape index (κ2) is 9.00. The summed E-state index contributed by atoms with van der Waals surface area (Å²) >= 11 is 0. The average Bonchev–Trinajstić information content (AvgIpc) is 3.16. The Kier molecular flexibility index (Phi) is 5.99. The van der Waals surface area contributed by atoms with Gasteiger partial charge >= 0.3 is 5.97 Å². The normalized spacial score (nSPS) is 10.9. The van der Waals surface area contributed by atoms with Gasteiger partial charge in [-0.1, -0.05) is 80.1 Å². The van der Waals surface area contributed by atoms with E-state index in [0.717, 1.165) is 29.4 Å². The van der Waals surface area contributed by atoms with E-state index in [-0.39, 0.29) is 0 Å². The van der Waals surface area contributed by atoms with Crippen LogP contribution >= 0.6 is 0 Å². The zero-order valence-corrected chi connectivity index (χ0v) is 17.8. The zero-order valence-electron chi connectivity index (χ0n) is 17.8. The summed E-state index contributed by atoms with van der Waals surface area (Å²) in [5.74, 6) is -1.45. The summed E-state index contributed by atoms with van der Waals surface area (Å²) in [7, 11) is 1.23. The number of nitrogens with zero attached hydrogens (tertiary/aromatic N) is 1. The zero-order chi connectivity index (χ0) is 21.8. The summed E-state index contributed by atoms with van der Waals surface area (Å²) < 4.78 is 6.92. The summed E-state index contributed by atoms with van der Waals surface area (Å²) in [5.41, 5.74) is 6.04. The van der Waals surface area contributed by atoms with Crippen LogP contribution in [0, 0.1) is 0 Å². The number of benzene rings is 3. The number of aryl methyl sites for hydroxylation is 1. The molecule has 0 aliphatic heterocycles. The molecule has 0 saturated carbocycles. The van der Waals surface area contributed by atoms with E-state index in [1.54, 1.807) is 6.07 Å². The third-order valence-corrected chi connectivity index (χ3v) is 5.58. The number of rotatable bonds is 7. The second-order valence-electron chi connectivity index (χ2n) is 7.55. The molecule has 0 atom stereocenters. The lowest BCUT2D eigenvalue weighted by atomic mass is 9.99. The van der Waals surface area contributed by atoms with Crippen molar-refractivity contribution in [3.8, 4) is 11.1 Å². The van der Waals surface area contributed by atoms with Crippen LogP contribution in [0.15, 0.2) is 78.9 Å². The molecule has 0 aliphatic carbocycles. The Hall–Kier alpha value is -3.66. The quantitative estimate of drug-likeness (QED) is 0.224. The minimum absolute atomic E-state index is 0.386. The largest absolute Gasteiger partial charge is 0.463 e. The van der Waals surface area contributed by atoms with Crippen molar-refractivity contribution in [2.24, 2.45) is 0 Å². The van der Waals surface area contributed by atoms with E-state index in [4.69, 9.17) is 0 Å². The van der Waals surface area contributed by atoms with Gasteiger partial charge in [0.05, 0.1) is 7.11 Å². The summed E-state index contributed by atoms with van der Waals surface area (Å²) in [5, 5.41) is 0.790. The van der Waals surface area contributed by atoms with Gasteiger partial charge in [-0.2, -0.15) is 0 Å². The Morgan fingerprint density at radius 3 is 2.39 bits per heavy atom. The number of aromatic nitrogens is 1. The molecule has 4 rings (SSSR count). The number of hydrogen-bond donors (Lipinski definition) is 0. The molecular weight excluding hydrogens is 386 g/mol. The molecule has 4 nitrogen and oxygen atoms in total. The number of hydrogen-bond acceptors (Lipinski definition) is 3. The average molecular weight is 412 g/mol. The van der Waals surface area contributed by atoms with Crippen LogP contribution in [0.2, 0.25) is 0 Å². The van der Waals surface area contributed by atoms with Gasteiger partial charge in [-0.25, -0.2) is 4.79 Å². The van der Waals surface area contributed by atoms with Crippen LogP contribution in [-0.4, -0.2) is 23.4 Å². The van der Waals surface area contributed by atoms with Crippen molar-refractivity contribution in [1.82, 2.24) is 4.57 Å². The smallest absolute Gasteiger partial charge is 0.379 e. The van der Waals surface area contributed by atoms with Crippen molar-refractivity contribution in [1.29, 1.82) is 0 Å². The Bertz CT molecular complexity index is 1240. The fourth-order valence-corrected chi connectivity index (χ4v) is 4.12. The summed E-state index contributed by atoms with van der Waals surface area (Å²) in [4.78, 5) is 24.5. The maximum Gasteiger partial charge on any atom is 0.379 e. The van der Waals surface area contributed by atoms with Crippen LogP contribution in [0.25, 0.3) is 22.0 Å². The predicted molar refractivity (Wildman–Crippen MR) is 123 cm³/mol. The van der Waals surface area contributed by atoms with Crippen molar-refractivity contribution in [2.75, 3.05) is 7.11 Å². The molecule has 1 aromatic heterocycles. The number of ether oxygens (including phenoxy) is 1. The first-order chi connectivity index (χ1) is 15.1. The molecular formula is C27H25NO3. The lowest BCUT2D eigenvalue weighted by Crippen LogP contribution is -2.15. The maximum absolute atomic E-state index is 12.6. The number of ketones is 1. The maximum atomic E-state index is 12.6. The van der Waals surface area contributed by atoms with E-state index >= 15 is 0 Å². The molecule has 0 amide bonds. The second-order valence-corrected chi connectivity index (χ2v) is 7.55. The first-order valence-electron chi connectivity index (χ1n) is 10.5. The molecule has 4 aromatic rings. The van der Waals surface area contributed by atoms with Crippen molar-refractivity contribution in [2.45, 2.75) is 26.3 Å². The van der Waals surface area contributed by atoms with Gasteiger partial charge in [0.15, 0.2) is 0 Å². The van der Waals surface area contributed by atoms with E-state index in [0.29, 0.717) is 12.1 Å². The van der Waals surface area contributed by atoms with Gasteiger partial charge in [0, 0.05) is 28.7 Å². The van der Waals surface area contributed by atoms with E-state index in [2.05, 4.69) is 52.6 Å². The van der Waals surface area contributed by atoms with Gasteiger partial charge in [-0.05, 0) is 35.2 Å². The molecule has 31 heavy (non-hydrogen) atoms. The molecule has 156 valence electrons. The number of carbonyl (C=O) groups is 2. The topological polar surface area (TPSA) is 48.3 Å². The Balaban J connectivity index is 1.85. The van der Waals surface area contributed by atoms with Crippen LogP contribution < -0.4 is 0 Å². The highest BCUT2D eigenvalue weighted by Crippen LogP contribution is 2.29. The van der Waals surface area contributed by atoms with Crippen molar-refractivity contribution < 1.29 is 14.3 Å². The summed E-state index contributed by atoms with van der Waals surface area (Å²) in [6.07, 6.45) is 1.87. The first kappa shape index (κ1) is 20.6. The molecule has 1 heterocycles. The van der Waals surface area contributed by atoms with E-state index in [1.807, 2.05) is 36.4 Å². The molecule has 4 heteroatoms. The Labute approximate surface area is 182 Å². The van der Waals surface area contributed by atoms with Crippen LogP contribution in [0.5, 0.6) is 0 Å². The Morgan fingerprint density at radius 1 is 0.903 bits per heavy atom. The van der Waals surface area contributed by atoms with Gasteiger partial charge in [0.25, 0.3) is 5.78 Å². The summed E-state index contributed by atoms with van der Waals surface area (Å²) in [6, 6.07) is 26.3. The molecule has 0 spiro atoms. The van der Waals surface area contributed by atoms with Crippen LogP contribution in [-0.2, 0) is 22.5 Å². The molecule has 0 saturated heterocycles. The number of fused-ring (bicyclic) bond motifs is 1. The standard InChI is InChI=1S/C27H25NO3/c1-3-10-21-17-24-23(26(29)27(30)31-2)15-9-16-25(24)28(21)18-20-13-7-8-14-22(20)19-11-5-4-6-12-19/h4-9,11-17H,3,10,18H2,1-2H3. The molecule has 0 fully saturated rings. The molecule has 0 radical (unpaired) electrons. The van der Waals surface area contributed by atoms with Gasteiger partial charge in [0.2, 0.25) is 0 Å². The third-order valence-electron chi connectivity index (χ3n) is 5.58. The van der Waals surface area contributed by atoms with Crippen LogP contribution in [0.3, 0.4) is 0 Å². The minimum Gasteiger partial charge on any atom is -0.463 e. The van der Waals surface area contributed by atoms with Crippen molar-refractivity contribution in [3.63, 3.8) is 0 Å². The molecule has 0 N–H and O–H groups in total. The number of carbonyl (C=O) groups excluding carboxylic acids is 2. The lowest BCUT2D eigenvalue weighted by molar-refractivity contribution is -0.135. The van der Waals surface area contributed by atoms with Gasteiger partial charge in [-0.3, -0.25) is 4.79 Å². The number of methoxy groups -OCH3 is 1. The number of esters is 1. The van der Waals surface area contributed by atoms with Gasteiger partial charge < -0.3 is 9.30 Å². The van der Waals surface area contributed by atoms with E-state index in [1.165, 1.54) is 23.8 Å². The predicted octanol–water partition coefficient (Wildman–Crippen LogP) is 5.66. The molecule has 0 unspecified atom stereocenters. The SMILES string of the molecule is CCCc1cc2c(C(=O)C(=O)OC)cccc2n1Cc1ccccc1-c1ccccc1. The van der Waals surface area contributed by atoms with Crippen molar-refractivity contribution >= 4 is 22.7 Å². The van der Waals surface area contributed by atoms with Crippen LogP contribution in [0.4, 0.5) is 0 Å². The minimum atomic E-state index is -0.841. The highest BCUT2D eigenvalue weighted by molar-refractivity contribution is 6.42. The first-order valence-corrected chi connectivity index (χ1v) is 10.5. The summed E-state index contributed by atoms with van der Waals surface area (Å²) in [6.45, 7) is 2.82. The molecule has 0 bridgehead atoms. The monoisotopic (exact) mass is 411 g/mol. The highest BCUT2D eigenvalue weighted by atomic mass is 16.5. The van der Waals surface area contributed by atoms with Crippen LogP contribution in [0.1, 0.15) is 35.0 Å². The van der Waals surface area contributed by atoms with Crippen molar-refractivity contribution in [3.05, 3.63) is 95.7 Å². The number of Topliss-reactive ketones (excluding diaryl/α,β-unsaturated/α-hetero) is 1. The lowest BCUT2D eigenvalue weighted by Gasteiger charge is -2.15. The Morgan fingerprint density at radius 2 is 1.65 bits per heavy atom.